The maximum absolute atomic E-state index is 11.9. The van der Waals surface area contributed by atoms with Crippen LogP contribution in [0, 0.1) is 23.2 Å². The number of esters is 1. The number of hydrogen-bond donors (Lipinski definition) is 0. The predicted molar refractivity (Wildman–Crippen MR) is 77.7 cm³/mol. The standard InChI is InChI=1S/C17H28O2/c1-7-8-13-9-12(4)10-16(5)14(13)17(16,6)19-15(18)11(2)3/h12-14H,2,7-10H2,1,3-6H3. The van der Waals surface area contributed by atoms with Gasteiger partial charge in [-0.15, -0.1) is 0 Å². The molecule has 5 atom stereocenters. The second kappa shape index (κ2) is 4.64. The summed E-state index contributed by atoms with van der Waals surface area (Å²) >= 11 is 0. The fourth-order valence-corrected chi connectivity index (χ4v) is 4.75. The summed E-state index contributed by atoms with van der Waals surface area (Å²) in [6, 6.07) is 0. The summed E-state index contributed by atoms with van der Waals surface area (Å²) in [6.07, 6.45) is 4.94. The number of ether oxygens (including phenoxy) is 1. The Kier molecular flexibility index (Phi) is 3.57. The Hall–Kier alpha value is -0.790. The molecular formula is C17H28O2. The summed E-state index contributed by atoms with van der Waals surface area (Å²) in [7, 11) is 0. The third kappa shape index (κ3) is 2.13. The van der Waals surface area contributed by atoms with E-state index in [1.807, 2.05) is 0 Å². The third-order valence-corrected chi connectivity index (χ3v) is 5.59. The van der Waals surface area contributed by atoms with Crippen LogP contribution in [-0.2, 0) is 9.53 Å². The predicted octanol–water partition coefficient (Wildman–Crippen LogP) is 4.35. The lowest BCUT2D eigenvalue weighted by Crippen LogP contribution is -2.24. The highest BCUT2D eigenvalue weighted by molar-refractivity contribution is 5.87. The molecule has 0 radical (unpaired) electrons. The molecule has 0 aliphatic heterocycles. The highest BCUT2D eigenvalue weighted by Crippen LogP contribution is 2.73. The minimum atomic E-state index is -0.270. The summed E-state index contributed by atoms with van der Waals surface area (Å²) in [5.41, 5.74) is 0.414. The topological polar surface area (TPSA) is 26.3 Å². The van der Waals surface area contributed by atoms with Gasteiger partial charge in [0.05, 0.1) is 0 Å². The Morgan fingerprint density at radius 1 is 1.42 bits per heavy atom. The maximum Gasteiger partial charge on any atom is 0.333 e. The fourth-order valence-electron chi connectivity index (χ4n) is 4.75. The van der Waals surface area contributed by atoms with Crippen LogP contribution in [0.1, 0.15) is 60.3 Å². The molecule has 0 aromatic heterocycles. The van der Waals surface area contributed by atoms with E-state index < -0.39 is 0 Å². The highest BCUT2D eigenvalue weighted by Gasteiger charge is 2.77. The van der Waals surface area contributed by atoms with Crippen molar-refractivity contribution in [3.8, 4) is 0 Å². The van der Waals surface area contributed by atoms with E-state index in [4.69, 9.17) is 4.74 Å². The summed E-state index contributed by atoms with van der Waals surface area (Å²) < 4.78 is 5.85. The smallest absolute Gasteiger partial charge is 0.333 e. The molecule has 2 heteroatoms. The van der Waals surface area contributed by atoms with Crippen molar-refractivity contribution in [2.45, 2.75) is 65.9 Å². The largest absolute Gasteiger partial charge is 0.455 e. The van der Waals surface area contributed by atoms with Crippen LogP contribution in [0.15, 0.2) is 12.2 Å². The highest BCUT2D eigenvalue weighted by atomic mass is 16.6. The zero-order chi connectivity index (χ0) is 14.4. The van der Waals surface area contributed by atoms with Crippen molar-refractivity contribution in [2.75, 3.05) is 0 Å². The van der Waals surface area contributed by atoms with E-state index in [0.717, 1.165) is 5.92 Å². The molecule has 2 aliphatic rings. The van der Waals surface area contributed by atoms with Gasteiger partial charge in [-0.25, -0.2) is 4.79 Å². The normalized spacial score (nSPS) is 44.4. The van der Waals surface area contributed by atoms with Crippen molar-refractivity contribution in [3.05, 3.63) is 12.2 Å². The van der Waals surface area contributed by atoms with Crippen molar-refractivity contribution in [1.29, 1.82) is 0 Å². The Labute approximate surface area is 117 Å². The van der Waals surface area contributed by atoms with Crippen LogP contribution in [0.2, 0.25) is 0 Å². The van der Waals surface area contributed by atoms with Gasteiger partial charge in [-0.05, 0) is 38.5 Å². The van der Waals surface area contributed by atoms with Gasteiger partial charge in [0.1, 0.15) is 5.60 Å². The van der Waals surface area contributed by atoms with Crippen molar-refractivity contribution in [3.63, 3.8) is 0 Å². The Morgan fingerprint density at radius 3 is 2.58 bits per heavy atom. The second-order valence-corrected chi connectivity index (χ2v) is 7.27. The molecule has 2 aliphatic carbocycles. The monoisotopic (exact) mass is 264 g/mol. The number of fused-ring (bicyclic) bond motifs is 1. The zero-order valence-corrected chi connectivity index (χ0v) is 13.1. The van der Waals surface area contributed by atoms with E-state index in [9.17, 15) is 4.79 Å². The molecule has 108 valence electrons. The second-order valence-electron chi connectivity index (χ2n) is 7.27. The van der Waals surface area contributed by atoms with Gasteiger partial charge >= 0.3 is 5.97 Å². The molecule has 2 fully saturated rings. The van der Waals surface area contributed by atoms with Crippen LogP contribution >= 0.6 is 0 Å². The summed E-state index contributed by atoms with van der Waals surface area (Å²) in [5.74, 6) is 1.77. The summed E-state index contributed by atoms with van der Waals surface area (Å²) in [6.45, 7) is 14.5. The molecular weight excluding hydrogens is 236 g/mol. The van der Waals surface area contributed by atoms with Gasteiger partial charge in [-0.3, -0.25) is 0 Å². The molecule has 0 N–H and O–H groups in total. The van der Waals surface area contributed by atoms with Gasteiger partial charge in [0.25, 0.3) is 0 Å². The molecule has 5 unspecified atom stereocenters. The van der Waals surface area contributed by atoms with Gasteiger partial charge in [-0.1, -0.05) is 40.2 Å². The van der Waals surface area contributed by atoms with E-state index in [1.165, 1.54) is 25.7 Å². The first-order valence-electron chi connectivity index (χ1n) is 7.65. The molecule has 0 saturated heterocycles. The average Bonchev–Trinajstić information content (AvgIpc) is 2.74. The lowest BCUT2D eigenvalue weighted by molar-refractivity contribution is -0.148. The van der Waals surface area contributed by atoms with Crippen molar-refractivity contribution in [1.82, 2.24) is 0 Å². The Balaban J connectivity index is 2.19. The van der Waals surface area contributed by atoms with Crippen LogP contribution in [0.3, 0.4) is 0 Å². The number of carbonyl (C=O) groups excluding carboxylic acids is 1. The minimum absolute atomic E-state index is 0.176. The van der Waals surface area contributed by atoms with Crippen LogP contribution in [0.4, 0.5) is 0 Å². The van der Waals surface area contributed by atoms with Crippen molar-refractivity contribution in [2.24, 2.45) is 23.2 Å². The van der Waals surface area contributed by atoms with Gasteiger partial charge in [0.2, 0.25) is 0 Å². The molecule has 19 heavy (non-hydrogen) atoms. The lowest BCUT2D eigenvalue weighted by Gasteiger charge is -2.29. The first kappa shape index (κ1) is 14.6. The molecule has 0 aromatic carbocycles. The Morgan fingerprint density at radius 2 is 2.05 bits per heavy atom. The summed E-state index contributed by atoms with van der Waals surface area (Å²) in [4.78, 5) is 11.9. The van der Waals surface area contributed by atoms with Crippen LogP contribution < -0.4 is 0 Å². The van der Waals surface area contributed by atoms with Crippen LogP contribution in [0.25, 0.3) is 0 Å². The number of hydrogen-bond acceptors (Lipinski definition) is 2. The Bertz CT molecular complexity index is 400. The fraction of sp³-hybridized carbons (Fsp3) is 0.824. The SMILES string of the molecule is C=C(C)C(=O)OC1(C)C2C(CCC)CC(C)CC21C. The van der Waals surface area contributed by atoms with E-state index in [0.29, 0.717) is 17.4 Å². The molecule has 0 aromatic rings. The lowest BCUT2D eigenvalue weighted by atomic mass is 9.75. The maximum atomic E-state index is 11.9. The quantitative estimate of drug-likeness (QED) is 0.557. The molecule has 0 spiro atoms. The van der Waals surface area contributed by atoms with Crippen molar-refractivity contribution >= 4 is 5.97 Å². The molecule has 0 amide bonds. The molecule has 2 rings (SSSR count). The van der Waals surface area contributed by atoms with E-state index >= 15 is 0 Å². The average molecular weight is 264 g/mol. The first-order chi connectivity index (χ1) is 8.76. The van der Waals surface area contributed by atoms with E-state index in [-0.39, 0.29) is 17.0 Å². The van der Waals surface area contributed by atoms with Gasteiger partial charge in [-0.2, -0.15) is 0 Å². The zero-order valence-electron chi connectivity index (χ0n) is 13.1. The first-order valence-corrected chi connectivity index (χ1v) is 7.65. The number of carbonyl (C=O) groups is 1. The molecule has 0 heterocycles. The molecule has 2 saturated carbocycles. The molecule has 2 nitrogen and oxygen atoms in total. The van der Waals surface area contributed by atoms with Gasteiger partial charge in [0, 0.05) is 16.9 Å². The van der Waals surface area contributed by atoms with E-state index in [1.54, 1.807) is 6.92 Å². The number of rotatable bonds is 4. The third-order valence-electron chi connectivity index (χ3n) is 5.59. The minimum Gasteiger partial charge on any atom is -0.455 e. The van der Waals surface area contributed by atoms with Crippen LogP contribution in [0.5, 0.6) is 0 Å². The van der Waals surface area contributed by atoms with Gasteiger partial charge in [0.15, 0.2) is 0 Å². The molecule has 0 bridgehead atoms. The summed E-state index contributed by atoms with van der Waals surface area (Å²) in [5, 5.41) is 0. The van der Waals surface area contributed by atoms with Gasteiger partial charge < -0.3 is 4.74 Å². The van der Waals surface area contributed by atoms with Crippen molar-refractivity contribution < 1.29 is 9.53 Å². The van der Waals surface area contributed by atoms with Crippen LogP contribution in [-0.4, -0.2) is 11.6 Å². The van der Waals surface area contributed by atoms with E-state index in [2.05, 4.69) is 34.3 Å².